The summed E-state index contributed by atoms with van der Waals surface area (Å²) >= 11 is 0. The molecule has 1 fully saturated rings. The Labute approximate surface area is 96.4 Å². The van der Waals surface area contributed by atoms with Crippen LogP contribution in [0.5, 0.6) is 0 Å². The molecule has 0 saturated carbocycles. The first-order valence-corrected chi connectivity index (χ1v) is 5.24. The number of halogens is 3. The van der Waals surface area contributed by atoms with E-state index >= 15 is 0 Å². The fourth-order valence-corrected chi connectivity index (χ4v) is 1.70. The summed E-state index contributed by atoms with van der Waals surface area (Å²) in [5.41, 5.74) is -0.970. The Hall–Kier alpha value is -1.37. The number of aromatic nitrogens is 2. The number of hydrogen-bond acceptors (Lipinski definition) is 4. The largest absolute Gasteiger partial charge is 0.435 e. The molecular weight excluding hydrogens is 235 g/mol. The van der Waals surface area contributed by atoms with Crippen molar-refractivity contribution >= 4 is 5.82 Å². The highest BCUT2D eigenvalue weighted by Crippen LogP contribution is 2.28. The second-order valence-electron chi connectivity index (χ2n) is 3.89. The first-order valence-electron chi connectivity index (χ1n) is 5.24. The van der Waals surface area contributed by atoms with Gasteiger partial charge in [-0.05, 0) is 19.1 Å². The maximum absolute atomic E-state index is 12.3. The van der Waals surface area contributed by atoms with Crippen molar-refractivity contribution in [2.45, 2.75) is 19.1 Å². The Morgan fingerprint density at radius 1 is 1.35 bits per heavy atom. The van der Waals surface area contributed by atoms with Crippen LogP contribution >= 0.6 is 0 Å². The lowest BCUT2D eigenvalue weighted by Gasteiger charge is -2.33. The first-order chi connectivity index (χ1) is 7.98. The van der Waals surface area contributed by atoms with E-state index in [9.17, 15) is 13.2 Å². The van der Waals surface area contributed by atoms with Gasteiger partial charge >= 0.3 is 6.18 Å². The van der Waals surface area contributed by atoms with Crippen LogP contribution in [0.3, 0.4) is 0 Å². The molecule has 0 aromatic carbocycles. The lowest BCUT2D eigenvalue weighted by molar-refractivity contribution is -0.141. The molecule has 17 heavy (non-hydrogen) atoms. The Balaban J connectivity index is 2.17. The van der Waals surface area contributed by atoms with E-state index in [1.54, 1.807) is 0 Å². The van der Waals surface area contributed by atoms with Crippen LogP contribution in [-0.2, 0) is 10.9 Å². The average Bonchev–Trinajstić information content (AvgIpc) is 2.29. The van der Waals surface area contributed by atoms with Crippen LogP contribution in [0.2, 0.25) is 0 Å². The molecule has 1 saturated heterocycles. The zero-order valence-corrected chi connectivity index (χ0v) is 9.24. The Morgan fingerprint density at radius 2 is 2.12 bits per heavy atom. The summed E-state index contributed by atoms with van der Waals surface area (Å²) in [5, 5.41) is 6.82. The zero-order valence-electron chi connectivity index (χ0n) is 9.24. The van der Waals surface area contributed by atoms with Crippen molar-refractivity contribution in [1.29, 1.82) is 0 Å². The smallest absolute Gasteiger partial charge is 0.377 e. The summed E-state index contributed by atoms with van der Waals surface area (Å²) < 4.78 is 42.1. The van der Waals surface area contributed by atoms with Gasteiger partial charge in [-0.25, -0.2) is 0 Å². The van der Waals surface area contributed by atoms with Gasteiger partial charge < -0.3 is 9.64 Å². The molecule has 1 aromatic heterocycles. The molecule has 0 aliphatic carbocycles. The van der Waals surface area contributed by atoms with Gasteiger partial charge in [-0.3, -0.25) is 0 Å². The molecule has 94 valence electrons. The quantitative estimate of drug-likeness (QED) is 0.757. The second-order valence-corrected chi connectivity index (χ2v) is 3.89. The molecule has 7 heteroatoms. The molecule has 1 atom stereocenters. The van der Waals surface area contributed by atoms with Crippen LogP contribution in [0.1, 0.15) is 12.6 Å². The van der Waals surface area contributed by atoms with Crippen LogP contribution in [0.4, 0.5) is 19.0 Å². The van der Waals surface area contributed by atoms with Gasteiger partial charge in [0.25, 0.3) is 0 Å². The minimum Gasteiger partial charge on any atom is -0.377 e. The molecule has 4 nitrogen and oxygen atoms in total. The Bertz CT molecular complexity index is 379. The Morgan fingerprint density at radius 3 is 2.65 bits per heavy atom. The Kier molecular flexibility index (Phi) is 3.19. The van der Waals surface area contributed by atoms with Crippen LogP contribution < -0.4 is 4.90 Å². The van der Waals surface area contributed by atoms with Crippen molar-refractivity contribution in [2.24, 2.45) is 0 Å². The van der Waals surface area contributed by atoms with Gasteiger partial charge in [0.2, 0.25) is 0 Å². The topological polar surface area (TPSA) is 38.2 Å². The highest BCUT2D eigenvalue weighted by Gasteiger charge is 2.33. The van der Waals surface area contributed by atoms with Gasteiger partial charge in [0.15, 0.2) is 11.5 Å². The van der Waals surface area contributed by atoms with Crippen molar-refractivity contribution < 1.29 is 17.9 Å². The van der Waals surface area contributed by atoms with E-state index in [0.29, 0.717) is 25.6 Å². The molecule has 0 spiro atoms. The molecule has 1 aliphatic heterocycles. The summed E-state index contributed by atoms with van der Waals surface area (Å²) in [6, 6.07) is 2.39. The second kappa shape index (κ2) is 4.48. The summed E-state index contributed by atoms with van der Waals surface area (Å²) in [7, 11) is 0. The van der Waals surface area contributed by atoms with E-state index in [1.807, 2.05) is 11.8 Å². The van der Waals surface area contributed by atoms with Crippen molar-refractivity contribution in [1.82, 2.24) is 10.2 Å². The fourth-order valence-electron chi connectivity index (χ4n) is 1.70. The third-order valence-electron chi connectivity index (χ3n) is 2.60. The minimum atomic E-state index is -4.44. The standard InChI is InChI=1S/C10H12F3N3O/c1-7-6-17-5-4-16(7)9-3-2-8(14-15-9)10(11,12)13/h2-3,7H,4-6H2,1H3. The molecule has 0 radical (unpaired) electrons. The third kappa shape index (κ3) is 2.66. The first kappa shape index (κ1) is 12.1. The normalized spacial score (nSPS) is 21.6. The van der Waals surface area contributed by atoms with Crippen LogP contribution in [0.25, 0.3) is 0 Å². The average molecular weight is 247 g/mol. The van der Waals surface area contributed by atoms with Crippen LogP contribution in [-0.4, -0.2) is 36.0 Å². The van der Waals surface area contributed by atoms with E-state index in [-0.39, 0.29) is 6.04 Å². The molecule has 1 unspecified atom stereocenters. The molecular formula is C10H12F3N3O. The third-order valence-corrected chi connectivity index (χ3v) is 2.60. The number of morpholine rings is 1. The van der Waals surface area contributed by atoms with Crippen molar-refractivity contribution in [3.8, 4) is 0 Å². The van der Waals surface area contributed by atoms with Gasteiger partial charge in [0.05, 0.1) is 19.3 Å². The number of anilines is 1. The van der Waals surface area contributed by atoms with Gasteiger partial charge in [0.1, 0.15) is 0 Å². The predicted molar refractivity (Wildman–Crippen MR) is 54.7 cm³/mol. The summed E-state index contributed by atoms with van der Waals surface area (Å²) in [5.74, 6) is 0.453. The maximum atomic E-state index is 12.3. The van der Waals surface area contributed by atoms with E-state index in [1.165, 1.54) is 6.07 Å². The van der Waals surface area contributed by atoms with Gasteiger partial charge in [-0.1, -0.05) is 0 Å². The predicted octanol–water partition coefficient (Wildman–Crippen LogP) is 1.72. The number of rotatable bonds is 1. The van der Waals surface area contributed by atoms with Crippen molar-refractivity contribution in [3.63, 3.8) is 0 Å². The van der Waals surface area contributed by atoms with Gasteiger partial charge in [-0.15, -0.1) is 10.2 Å². The number of hydrogen-bond donors (Lipinski definition) is 0. The van der Waals surface area contributed by atoms with E-state index in [4.69, 9.17) is 4.74 Å². The van der Waals surface area contributed by atoms with Crippen LogP contribution in [0.15, 0.2) is 12.1 Å². The molecule has 0 N–H and O–H groups in total. The van der Waals surface area contributed by atoms with E-state index in [0.717, 1.165) is 6.07 Å². The SMILES string of the molecule is CC1COCCN1c1ccc(C(F)(F)F)nn1. The molecule has 0 amide bonds. The van der Waals surface area contributed by atoms with Crippen molar-refractivity contribution in [2.75, 3.05) is 24.7 Å². The van der Waals surface area contributed by atoms with Gasteiger partial charge in [0, 0.05) is 6.54 Å². The zero-order chi connectivity index (χ0) is 12.5. The molecule has 1 aliphatic rings. The lowest BCUT2D eigenvalue weighted by Crippen LogP contribution is -2.44. The molecule has 1 aromatic rings. The van der Waals surface area contributed by atoms with Crippen LogP contribution in [0, 0.1) is 0 Å². The number of nitrogens with zero attached hydrogens (tertiary/aromatic N) is 3. The fraction of sp³-hybridized carbons (Fsp3) is 0.600. The maximum Gasteiger partial charge on any atom is 0.435 e. The molecule has 0 bridgehead atoms. The summed E-state index contributed by atoms with van der Waals surface area (Å²) in [6.07, 6.45) is -4.44. The molecule has 2 rings (SSSR count). The summed E-state index contributed by atoms with van der Waals surface area (Å²) in [6.45, 7) is 3.63. The van der Waals surface area contributed by atoms with E-state index in [2.05, 4.69) is 10.2 Å². The summed E-state index contributed by atoms with van der Waals surface area (Å²) in [4.78, 5) is 1.89. The lowest BCUT2D eigenvalue weighted by atomic mass is 10.2. The number of alkyl halides is 3. The van der Waals surface area contributed by atoms with Gasteiger partial charge in [-0.2, -0.15) is 13.2 Å². The monoisotopic (exact) mass is 247 g/mol. The molecule has 2 heterocycles. The highest BCUT2D eigenvalue weighted by molar-refractivity contribution is 5.39. The minimum absolute atomic E-state index is 0.0924. The van der Waals surface area contributed by atoms with Crippen molar-refractivity contribution in [3.05, 3.63) is 17.8 Å². The number of ether oxygens (including phenoxy) is 1. The highest BCUT2D eigenvalue weighted by atomic mass is 19.4. The van der Waals surface area contributed by atoms with E-state index < -0.39 is 11.9 Å².